The molecule has 124 valence electrons. The lowest BCUT2D eigenvalue weighted by Crippen LogP contribution is -2.42. The quantitative estimate of drug-likeness (QED) is 0.636. The molecule has 0 amide bonds. The Balaban J connectivity index is 2.47. The van der Waals surface area contributed by atoms with Gasteiger partial charge >= 0.3 is 17.9 Å². The van der Waals surface area contributed by atoms with Crippen molar-refractivity contribution in [2.24, 2.45) is 11.8 Å². The summed E-state index contributed by atoms with van der Waals surface area (Å²) in [5.74, 6) is -3.80. The molecule has 1 aromatic carbocycles. The Labute approximate surface area is 133 Å². The summed E-state index contributed by atoms with van der Waals surface area (Å²) in [5.41, 5.74) is 0.767. The van der Waals surface area contributed by atoms with Crippen LogP contribution in [0.3, 0.4) is 0 Å². The summed E-state index contributed by atoms with van der Waals surface area (Å²) in [6.07, 6.45) is 0. The number of hydrogen-bond acceptors (Lipinski definition) is 7. The first-order valence-corrected chi connectivity index (χ1v) is 7.09. The fraction of sp³-hybridized carbons (Fsp3) is 0.438. The Hall–Kier alpha value is -2.41. The molecule has 7 nitrogen and oxygen atoms in total. The van der Waals surface area contributed by atoms with Crippen LogP contribution in [-0.4, -0.2) is 45.3 Å². The molecule has 1 aliphatic rings. The van der Waals surface area contributed by atoms with Crippen LogP contribution in [0.15, 0.2) is 30.3 Å². The molecule has 23 heavy (non-hydrogen) atoms. The molecule has 0 radical (unpaired) electrons. The number of nitrogens with one attached hydrogen (secondary N) is 1. The first-order valence-electron chi connectivity index (χ1n) is 7.09. The van der Waals surface area contributed by atoms with E-state index >= 15 is 0 Å². The van der Waals surface area contributed by atoms with E-state index in [1.54, 1.807) is 0 Å². The van der Waals surface area contributed by atoms with Gasteiger partial charge < -0.3 is 14.2 Å². The predicted molar refractivity (Wildman–Crippen MR) is 79.1 cm³/mol. The zero-order chi connectivity index (χ0) is 17.0. The van der Waals surface area contributed by atoms with Crippen LogP contribution >= 0.6 is 0 Å². The fourth-order valence-electron chi connectivity index (χ4n) is 2.96. The number of benzene rings is 1. The zero-order valence-electron chi connectivity index (χ0n) is 13.1. The highest BCUT2D eigenvalue weighted by Crippen LogP contribution is 2.39. The molecule has 1 saturated heterocycles. The molecule has 7 heteroatoms. The van der Waals surface area contributed by atoms with E-state index in [1.807, 2.05) is 30.3 Å². The van der Waals surface area contributed by atoms with E-state index in [-0.39, 0.29) is 0 Å². The lowest BCUT2D eigenvalue weighted by Gasteiger charge is -2.21. The van der Waals surface area contributed by atoms with Crippen LogP contribution in [0.4, 0.5) is 0 Å². The van der Waals surface area contributed by atoms with Gasteiger partial charge in [-0.15, -0.1) is 0 Å². The molecule has 1 heterocycles. The van der Waals surface area contributed by atoms with Crippen LogP contribution in [-0.2, 0) is 28.6 Å². The maximum absolute atomic E-state index is 12.3. The van der Waals surface area contributed by atoms with Crippen LogP contribution in [0.25, 0.3) is 0 Å². The third-order valence-corrected chi connectivity index (χ3v) is 4.02. The minimum absolute atomic E-state index is 0.558. The van der Waals surface area contributed by atoms with Crippen molar-refractivity contribution in [3.8, 4) is 0 Å². The van der Waals surface area contributed by atoms with E-state index in [0.29, 0.717) is 0 Å². The molecule has 1 fully saturated rings. The van der Waals surface area contributed by atoms with Crippen molar-refractivity contribution in [2.45, 2.75) is 12.1 Å². The molecule has 1 unspecified atom stereocenters. The second-order valence-corrected chi connectivity index (χ2v) is 5.15. The molecule has 0 saturated carbocycles. The zero-order valence-corrected chi connectivity index (χ0v) is 13.1. The molecule has 0 aliphatic carbocycles. The van der Waals surface area contributed by atoms with Crippen molar-refractivity contribution in [3.63, 3.8) is 0 Å². The second-order valence-electron chi connectivity index (χ2n) is 5.15. The van der Waals surface area contributed by atoms with E-state index in [0.717, 1.165) is 5.56 Å². The van der Waals surface area contributed by atoms with Crippen molar-refractivity contribution in [3.05, 3.63) is 35.9 Å². The lowest BCUT2D eigenvalue weighted by atomic mass is 9.84. The van der Waals surface area contributed by atoms with Crippen molar-refractivity contribution >= 4 is 17.9 Å². The highest BCUT2D eigenvalue weighted by Gasteiger charge is 2.55. The van der Waals surface area contributed by atoms with Crippen LogP contribution in [0.1, 0.15) is 11.6 Å². The number of rotatable bonds is 4. The van der Waals surface area contributed by atoms with Gasteiger partial charge in [-0.05, 0) is 5.56 Å². The van der Waals surface area contributed by atoms with Gasteiger partial charge in [-0.3, -0.25) is 19.7 Å². The largest absolute Gasteiger partial charge is 0.469 e. The smallest absolute Gasteiger partial charge is 0.323 e. The first kappa shape index (κ1) is 17.0. The summed E-state index contributed by atoms with van der Waals surface area (Å²) in [5, 5.41) is 3.01. The minimum atomic E-state index is -1.02. The van der Waals surface area contributed by atoms with Crippen molar-refractivity contribution in [1.82, 2.24) is 5.32 Å². The highest BCUT2D eigenvalue weighted by molar-refractivity contribution is 5.91. The summed E-state index contributed by atoms with van der Waals surface area (Å²) in [6, 6.07) is 7.52. The third-order valence-electron chi connectivity index (χ3n) is 4.02. The van der Waals surface area contributed by atoms with Crippen molar-refractivity contribution in [1.29, 1.82) is 0 Å². The van der Waals surface area contributed by atoms with Gasteiger partial charge in [-0.1, -0.05) is 30.3 Å². The van der Waals surface area contributed by atoms with Gasteiger partial charge in [0, 0.05) is 6.04 Å². The van der Waals surface area contributed by atoms with E-state index < -0.39 is 41.8 Å². The number of carbonyl (C=O) groups excluding carboxylic acids is 3. The van der Waals surface area contributed by atoms with Gasteiger partial charge in [0.05, 0.1) is 33.2 Å². The standard InChI is InChI=1S/C16H19NO6/c1-21-14(18)10-11(15(19)22-2)13(16(20)23-3)17-12(10)9-7-5-4-6-8-9/h4-8,10-13,17H,1-3H3/t10-,11+,12?,13-/m0/s1. The second kappa shape index (κ2) is 7.23. The highest BCUT2D eigenvalue weighted by atomic mass is 16.5. The van der Waals surface area contributed by atoms with Crippen molar-refractivity contribution < 1.29 is 28.6 Å². The maximum Gasteiger partial charge on any atom is 0.323 e. The number of hydrogen-bond donors (Lipinski definition) is 1. The van der Waals surface area contributed by atoms with E-state index in [4.69, 9.17) is 14.2 Å². The SMILES string of the molecule is COC(=O)[C@H]1[C@@H](C(=O)OC)NC(c2ccccc2)[C@H]1C(=O)OC. The molecule has 1 aliphatic heterocycles. The van der Waals surface area contributed by atoms with Crippen LogP contribution in [0, 0.1) is 11.8 Å². The average molecular weight is 321 g/mol. The summed E-state index contributed by atoms with van der Waals surface area (Å²) >= 11 is 0. The minimum Gasteiger partial charge on any atom is -0.469 e. The molecule has 4 atom stereocenters. The van der Waals surface area contributed by atoms with Crippen LogP contribution in [0.2, 0.25) is 0 Å². The number of ether oxygens (including phenoxy) is 3. The molecular formula is C16H19NO6. The molecule has 2 rings (SSSR count). The number of esters is 3. The van der Waals surface area contributed by atoms with E-state index in [2.05, 4.69) is 5.32 Å². The lowest BCUT2D eigenvalue weighted by molar-refractivity contribution is -0.159. The Morgan fingerprint density at radius 2 is 1.35 bits per heavy atom. The van der Waals surface area contributed by atoms with Gasteiger partial charge in [0.1, 0.15) is 6.04 Å². The topological polar surface area (TPSA) is 90.9 Å². The normalized spacial score (nSPS) is 26.4. The average Bonchev–Trinajstić information content (AvgIpc) is 3.00. The predicted octanol–water partition coefficient (Wildman–Crippen LogP) is 0.451. The molecule has 0 spiro atoms. The Morgan fingerprint density at radius 1 is 0.826 bits per heavy atom. The molecule has 1 aromatic rings. The summed E-state index contributed by atoms with van der Waals surface area (Å²) in [4.78, 5) is 36.5. The number of carbonyl (C=O) groups is 3. The van der Waals surface area contributed by atoms with Gasteiger partial charge in [-0.25, -0.2) is 0 Å². The maximum atomic E-state index is 12.3. The first-order chi connectivity index (χ1) is 11.0. The van der Waals surface area contributed by atoms with E-state index in [1.165, 1.54) is 21.3 Å². The molecular weight excluding hydrogens is 302 g/mol. The number of methoxy groups -OCH3 is 3. The van der Waals surface area contributed by atoms with Crippen molar-refractivity contribution in [2.75, 3.05) is 21.3 Å². The molecule has 0 bridgehead atoms. The van der Waals surface area contributed by atoms with Crippen LogP contribution < -0.4 is 5.32 Å². The van der Waals surface area contributed by atoms with Gasteiger partial charge in [0.15, 0.2) is 0 Å². The fourth-order valence-corrected chi connectivity index (χ4v) is 2.96. The van der Waals surface area contributed by atoms with Gasteiger partial charge in [-0.2, -0.15) is 0 Å². The van der Waals surface area contributed by atoms with Gasteiger partial charge in [0.2, 0.25) is 0 Å². The van der Waals surface area contributed by atoms with Crippen LogP contribution in [0.5, 0.6) is 0 Å². The third kappa shape index (κ3) is 3.19. The summed E-state index contributed by atoms with van der Waals surface area (Å²) in [7, 11) is 3.67. The van der Waals surface area contributed by atoms with Gasteiger partial charge in [0.25, 0.3) is 0 Å². The Morgan fingerprint density at radius 3 is 1.87 bits per heavy atom. The Bertz CT molecular complexity index is 587. The summed E-state index contributed by atoms with van der Waals surface area (Å²) < 4.78 is 14.4. The van der Waals surface area contributed by atoms with E-state index in [9.17, 15) is 14.4 Å². The Kier molecular flexibility index (Phi) is 5.33. The monoisotopic (exact) mass is 321 g/mol. The summed E-state index contributed by atoms with van der Waals surface area (Å²) in [6.45, 7) is 0. The molecule has 0 aromatic heterocycles. The molecule has 1 N–H and O–H groups in total.